The van der Waals surface area contributed by atoms with Crippen LogP contribution in [0.2, 0.25) is 0 Å². The van der Waals surface area contributed by atoms with Gasteiger partial charge in [-0.25, -0.2) is 0 Å². The average molecular weight is 386 g/mol. The van der Waals surface area contributed by atoms with Gasteiger partial charge >= 0.3 is 6.36 Å². The van der Waals surface area contributed by atoms with Gasteiger partial charge in [0.05, 0.1) is 5.69 Å². The second-order valence-corrected chi connectivity index (χ2v) is 6.64. The van der Waals surface area contributed by atoms with Gasteiger partial charge in [-0.3, -0.25) is 4.79 Å². The number of benzene rings is 2. The topological polar surface area (TPSA) is 43.3 Å². The molecule has 0 bridgehead atoms. The smallest absolute Gasteiger partial charge is 0.406 e. The molecule has 1 aliphatic heterocycles. The predicted octanol–water partition coefficient (Wildman–Crippen LogP) is 4.77. The highest BCUT2D eigenvalue weighted by Gasteiger charge is 2.31. The summed E-state index contributed by atoms with van der Waals surface area (Å²) in [5, 5.41) is 2.80. The molecule has 1 aromatic heterocycles. The number of aromatic nitrogens is 1. The lowest BCUT2D eigenvalue weighted by Crippen LogP contribution is -2.35. The lowest BCUT2D eigenvalue weighted by Gasteiger charge is -2.19. The lowest BCUT2D eigenvalue weighted by molar-refractivity contribution is -0.274. The predicted molar refractivity (Wildman–Crippen MR) is 99.1 cm³/mol. The maximum absolute atomic E-state index is 12.6. The first-order valence-electron chi connectivity index (χ1n) is 8.77. The van der Waals surface area contributed by atoms with Gasteiger partial charge < -0.3 is 14.6 Å². The van der Waals surface area contributed by atoms with Crippen molar-refractivity contribution in [2.45, 2.75) is 19.8 Å². The quantitative estimate of drug-likeness (QED) is 0.705. The molecule has 3 aromatic rings. The summed E-state index contributed by atoms with van der Waals surface area (Å²) in [5.41, 5.74) is 4.47. The van der Waals surface area contributed by atoms with E-state index in [1.165, 1.54) is 18.2 Å². The number of halogens is 3. The minimum absolute atomic E-state index is 0.200. The van der Waals surface area contributed by atoms with Crippen molar-refractivity contribution in [2.24, 2.45) is 0 Å². The molecule has 2 heterocycles. The summed E-state index contributed by atoms with van der Waals surface area (Å²) < 4.78 is 43.8. The fourth-order valence-corrected chi connectivity index (χ4v) is 3.53. The molecule has 1 N–H and O–H groups in total. The van der Waals surface area contributed by atoms with E-state index >= 15 is 0 Å². The SMILES string of the molecule is Cc1cccc(-c2c(-c3cccc(OC(F)(F)F)c3)cc3n2CCNC3=O)c1. The van der Waals surface area contributed by atoms with Crippen LogP contribution in [0.25, 0.3) is 22.4 Å². The van der Waals surface area contributed by atoms with Gasteiger partial charge in [0.1, 0.15) is 11.4 Å². The molecule has 1 amide bonds. The van der Waals surface area contributed by atoms with Gasteiger partial charge in [0.25, 0.3) is 5.91 Å². The Hall–Kier alpha value is -3.22. The zero-order chi connectivity index (χ0) is 19.9. The van der Waals surface area contributed by atoms with Crippen molar-refractivity contribution in [1.29, 1.82) is 0 Å². The fraction of sp³-hybridized carbons (Fsp3) is 0.190. The van der Waals surface area contributed by atoms with Crippen molar-refractivity contribution < 1.29 is 22.7 Å². The van der Waals surface area contributed by atoms with E-state index in [-0.39, 0.29) is 11.7 Å². The minimum atomic E-state index is -4.77. The van der Waals surface area contributed by atoms with Crippen LogP contribution in [0.15, 0.2) is 54.6 Å². The number of aryl methyl sites for hydroxylation is 1. The first kappa shape index (κ1) is 18.2. The first-order chi connectivity index (χ1) is 13.3. The van der Waals surface area contributed by atoms with Crippen molar-refractivity contribution in [3.63, 3.8) is 0 Å². The van der Waals surface area contributed by atoms with Crippen LogP contribution >= 0.6 is 0 Å². The van der Waals surface area contributed by atoms with Gasteiger partial charge in [-0.05, 0) is 42.3 Å². The normalized spacial score (nSPS) is 13.8. The molecule has 2 aromatic carbocycles. The Morgan fingerprint density at radius 3 is 2.54 bits per heavy atom. The van der Waals surface area contributed by atoms with Gasteiger partial charge in [0.2, 0.25) is 0 Å². The number of nitrogens with one attached hydrogen (secondary N) is 1. The molecule has 144 valence electrons. The van der Waals surface area contributed by atoms with Crippen molar-refractivity contribution in [1.82, 2.24) is 9.88 Å². The number of amides is 1. The number of fused-ring (bicyclic) bond motifs is 1. The van der Waals surface area contributed by atoms with Crippen LogP contribution in [0.1, 0.15) is 16.1 Å². The van der Waals surface area contributed by atoms with Crippen molar-refractivity contribution in [3.8, 4) is 28.1 Å². The molecule has 0 fully saturated rings. The maximum Gasteiger partial charge on any atom is 0.573 e. The van der Waals surface area contributed by atoms with E-state index in [1.54, 1.807) is 12.1 Å². The third kappa shape index (κ3) is 3.47. The van der Waals surface area contributed by atoms with Gasteiger partial charge in [-0.2, -0.15) is 0 Å². The Labute approximate surface area is 159 Å². The largest absolute Gasteiger partial charge is 0.573 e. The Morgan fingerprint density at radius 2 is 1.79 bits per heavy atom. The summed E-state index contributed by atoms with van der Waals surface area (Å²) >= 11 is 0. The van der Waals surface area contributed by atoms with Crippen molar-refractivity contribution in [2.75, 3.05) is 6.54 Å². The Kier molecular flexibility index (Phi) is 4.37. The average Bonchev–Trinajstić information content (AvgIpc) is 3.01. The van der Waals surface area contributed by atoms with E-state index in [2.05, 4.69) is 10.1 Å². The highest BCUT2D eigenvalue weighted by molar-refractivity contribution is 5.98. The Balaban J connectivity index is 1.90. The number of hydrogen-bond acceptors (Lipinski definition) is 2. The van der Waals surface area contributed by atoms with Gasteiger partial charge in [-0.15, -0.1) is 13.2 Å². The number of carbonyl (C=O) groups is 1. The van der Waals surface area contributed by atoms with Crippen LogP contribution in [-0.2, 0) is 6.54 Å². The molecule has 7 heteroatoms. The molecule has 0 atom stereocenters. The zero-order valence-corrected chi connectivity index (χ0v) is 15.0. The van der Waals surface area contributed by atoms with Gasteiger partial charge in [0.15, 0.2) is 0 Å². The molecule has 4 nitrogen and oxygen atoms in total. The summed E-state index contributed by atoms with van der Waals surface area (Å²) in [6.07, 6.45) is -4.77. The maximum atomic E-state index is 12.6. The summed E-state index contributed by atoms with van der Waals surface area (Å²) in [4.78, 5) is 12.3. The second kappa shape index (κ2) is 6.74. The van der Waals surface area contributed by atoms with Gasteiger partial charge in [-0.1, -0.05) is 35.9 Å². The summed E-state index contributed by atoms with van der Waals surface area (Å²) in [6.45, 7) is 3.05. The molecular weight excluding hydrogens is 369 g/mol. The van der Waals surface area contributed by atoms with Crippen LogP contribution in [-0.4, -0.2) is 23.4 Å². The number of ether oxygens (including phenoxy) is 1. The highest BCUT2D eigenvalue weighted by atomic mass is 19.4. The van der Waals surface area contributed by atoms with E-state index in [9.17, 15) is 18.0 Å². The Morgan fingerprint density at radius 1 is 1.04 bits per heavy atom. The number of hydrogen-bond donors (Lipinski definition) is 1. The Bertz CT molecular complexity index is 1050. The molecule has 0 saturated heterocycles. The molecule has 0 spiro atoms. The molecule has 1 aliphatic rings. The van der Waals surface area contributed by atoms with E-state index in [1.807, 2.05) is 35.8 Å². The molecule has 0 saturated carbocycles. The minimum Gasteiger partial charge on any atom is -0.406 e. The molecule has 0 radical (unpaired) electrons. The number of alkyl halides is 3. The molecule has 28 heavy (non-hydrogen) atoms. The van der Waals surface area contributed by atoms with Crippen LogP contribution in [0.3, 0.4) is 0 Å². The molecule has 0 aliphatic carbocycles. The van der Waals surface area contributed by atoms with Crippen LogP contribution in [0.5, 0.6) is 5.75 Å². The van der Waals surface area contributed by atoms with Gasteiger partial charge in [0, 0.05) is 18.7 Å². The summed E-state index contributed by atoms with van der Waals surface area (Å²) in [7, 11) is 0. The van der Waals surface area contributed by atoms with Crippen LogP contribution in [0, 0.1) is 6.92 Å². The molecular formula is C21H17F3N2O2. The fourth-order valence-electron chi connectivity index (χ4n) is 3.53. The van der Waals surface area contributed by atoms with E-state index in [4.69, 9.17) is 0 Å². The highest BCUT2D eigenvalue weighted by Crippen LogP contribution is 2.38. The summed E-state index contributed by atoms with van der Waals surface area (Å²) in [5.74, 6) is -0.497. The van der Waals surface area contributed by atoms with Crippen molar-refractivity contribution in [3.05, 3.63) is 65.9 Å². The second-order valence-electron chi connectivity index (χ2n) is 6.64. The summed E-state index contributed by atoms with van der Waals surface area (Å²) in [6, 6.07) is 15.3. The third-order valence-corrected chi connectivity index (χ3v) is 4.62. The standard InChI is InChI=1S/C21H17F3N2O2/c1-13-4-2-6-15(10-13)19-17(12-18-20(27)25-8-9-26(18)19)14-5-3-7-16(11-14)28-21(22,23)24/h2-7,10-12H,8-9H2,1H3,(H,25,27). The van der Waals surface area contributed by atoms with Crippen molar-refractivity contribution >= 4 is 5.91 Å². The zero-order valence-electron chi connectivity index (χ0n) is 15.0. The van der Waals surface area contributed by atoms with E-state index in [0.29, 0.717) is 29.9 Å². The van der Waals surface area contributed by atoms with Crippen LogP contribution in [0.4, 0.5) is 13.2 Å². The van der Waals surface area contributed by atoms with E-state index < -0.39 is 6.36 Å². The molecule has 0 unspecified atom stereocenters. The monoisotopic (exact) mass is 386 g/mol. The first-order valence-corrected chi connectivity index (χ1v) is 8.77. The van der Waals surface area contributed by atoms with Crippen LogP contribution < -0.4 is 10.1 Å². The number of rotatable bonds is 3. The molecule has 4 rings (SSSR count). The number of nitrogens with zero attached hydrogens (tertiary/aromatic N) is 1. The van der Waals surface area contributed by atoms with E-state index in [0.717, 1.165) is 16.8 Å². The lowest BCUT2D eigenvalue weighted by atomic mass is 10.00. The number of carbonyl (C=O) groups excluding carboxylic acids is 1. The third-order valence-electron chi connectivity index (χ3n) is 4.62.